The summed E-state index contributed by atoms with van der Waals surface area (Å²) in [6, 6.07) is 17.9. The van der Waals surface area contributed by atoms with Crippen LogP contribution < -0.4 is 0 Å². The Kier molecular flexibility index (Phi) is 14.4. The fourth-order valence-electron chi connectivity index (χ4n) is 2.89. The molecule has 2 aromatic carbocycles. The first-order valence-corrected chi connectivity index (χ1v) is 10.9. The smallest absolute Gasteiger partial charge is 0.0407 e. The van der Waals surface area contributed by atoms with Crippen LogP contribution in [0.5, 0.6) is 0 Å². The highest BCUT2D eigenvalue weighted by atomic mass is 35.5. The zero-order valence-electron chi connectivity index (χ0n) is 16.2. The van der Waals surface area contributed by atoms with Crippen LogP contribution in [0.25, 0.3) is 0 Å². The molecule has 0 heterocycles. The van der Waals surface area contributed by atoms with Crippen LogP contribution >= 0.6 is 23.2 Å². The molecule has 26 heavy (non-hydrogen) atoms. The molecule has 0 aliphatic carbocycles. The Labute approximate surface area is 170 Å². The summed E-state index contributed by atoms with van der Waals surface area (Å²) in [5.41, 5.74) is 1.50. The number of unbranched alkanes of at least 4 members (excludes halogenated alkanes) is 9. The zero-order chi connectivity index (χ0) is 18.9. The quantitative estimate of drug-likeness (QED) is 0.334. The number of rotatable bonds is 11. The molecule has 0 aliphatic heterocycles. The van der Waals surface area contributed by atoms with Crippen LogP contribution in [0, 0.1) is 0 Å². The van der Waals surface area contributed by atoms with Gasteiger partial charge >= 0.3 is 0 Å². The summed E-state index contributed by atoms with van der Waals surface area (Å²) in [4.78, 5) is 0. The zero-order valence-corrected chi connectivity index (χ0v) is 17.7. The molecule has 0 bridgehead atoms. The van der Waals surface area contributed by atoms with E-state index in [1.807, 2.05) is 0 Å². The van der Waals surface area contributed by atoms with Gasteiger partial charge in [-0.25, -0.2) is 0 Å². The van der Waals surface area contributed by atoms with Crippen LogP contribution in [-0.2, 0) is 6.42 Å². The average Bonchev–Trinajstić information content (AvgIpc) is 2.67. The second-order valence-corrected chi connectivity index (χ2v) is 7.73. The molecule has 2 heteroatoms. The minimum atomic E-state index is 0.717. The van der Waals surface area contributed by atoms with Crippen molar-refractivity contribution in [3.05, 3.63) is 70.2 Å². The molecule has 2 aromatic rings. The molecule has 0 saturated heterocycles. The van der Waals surface area contributed by atoms with Crippen LogP contribution in [0.2, 0.25) is 10.0 Å². The van der Waals surface area contributed by atoms with E-state index in [0.29, 0.717) is 0 Å². The van der Waals surface area contributed by atoms with Gasteiger partial charge in [0, 0.05) is 10.0 Å². The Balaban J connectivity index is 0.000000350. The molecule has 0 N–H and O–H groups in total. The fraction of sp³-hybridized carbons (Fsp3) is 0.500. The highest BCUT2D eigenvalue weighted by molar-refractivity contribution is 6.32. The van der Waals surface area contributed by atoms with Crippen molar-refractivity contribution in [2.24, 2.45) is 0 Å². The Morgan fingerprint density at radius 3 is 1.42 bits per heavy atom. The predicted molar refractivity (Wildman–Crippen MR) is 118 cm³/mol. The molecule has 0 amide bonds. The van der Waals surface area contributed by atoms with Gasteiger partial charge in [0.05, 0.1) is 0 Å². The van der Waals surface area contributed by atoms with Crippen LogP contribution in [0.15, 0.2) is 54.6 Å². The highest BCUT2D eigenvalue weighted by Crippen LogP contribution is 2.13. The summed E-state index contributed by atoms with van der Waals surface area (Å²) in [5.74, 6) is 0. The third-order valence-corrected chi connectivity index (χ3v) is 4.97. The summed E-state index contributed by atoms with van der Waals surface area (Å²) in [6.07, 6.45) is 15.5. The lowest BCUT2D eigenvalue weighted by Gasteiger charge is -2.03. The van der Waals surface area contributed by atoms with E-state index < -0.39 is 0 Å². The van der Waals surface area contributed by atoms with Crippen molar-refractivity contribution in [3.63, 3.8) is 0 Å². The van der Waals surface area contributed by atoms with Gasteiger partial charge in [-0.2, -0.15) is 0 Å². The van der Waals surface area contributed by atoms with Gasteiger partial charge in [-0.15, -0.1) is 0 Å². The molecule has 0 spiro atoms. The maximum atomic E-state index is 5.55. The van der Waals surface area contributed by atoms with Gasteiger partial charge in [-0.1, -0.05) is 118 Å². The molecule has 0 aliphatic rings. The second kappa shape index (κ2) is 16.2. The normalized spacial score (nSPS) is 10.3. The third kappa shape index (κ3) is 13.3. The van der Waals surface area contributed by atoms with E-state index in [4.69, 9.17) is 23.2 Å². The lowest BCUT2D eigenvalue weighted by molar-refractivity contribution is 0.556. The lowest BCUT2D eigenvalue weighted by atomic mass is 10.0. The molecule has 144 valence electrons. The van der Waals surface area contributed by atoms with E-state index >= 15 is 0 Å². The minimum Gasteiger partial charge on any atom is -0.0843 e. The van der Waals surface area contributed by atoms with Gasteiger partial charge < -0.3 is 0 Å². The first kappa shape index (κ1) is 23.1. The number of hydrogen-bond donors (Lipinski definition) is 0. The Hall–Kier alpha value is -0.980. The number of benzene rings is 2. The van der Waals surface area contributed by atoms with Crippen LogP contribution in [0.4, 0.5) is 0 Å². The summed E-state index contributed by atoms with van der Waals surface area (Å²) in [5, 5.41) is 1.43. The first-order chi connectivity index (χ1) is 12.7. The maximum absolute atomic E-state index is 5.55. The molecule has 0 radical (unpaired) electrons. The van der Waals surface area contributed by atoms with E-state index in [9.17, 15) is 0 Å². The summed E-state index contributed by atoms with van der Waals surface area (Å²) < 4.78 is 0. The number of hydrogen-bond acceptors (Lipinski definition) is 0. The molecular formula is C24H34Cl2. The van der Waals surface area contributed by atoms with Crippen molar-refractivity contribution in [2.45, 2.75) is 77.6 Å². The second-order valence-electron chi connectivity index (χ2n) is 6.85. The van der Waals surface area contributed by atoms with Crippen LogP contribution in [0.1, 0.15) is 76.7 Å². The third-order valence-electron chi connectivity index (χ3n) is 4.47. The molecular weight excluding hydrogens is 359 g/mol. The minimum absolute atomic E-state index is 0.717. The van der Waals surface area contributed by atoms with Crippen molar-refractivity contribution in [3.8, 4) is 0 Å². The number of aryl methyl sites for hydroxylation is 1. The van der Waals surface area contributed by atoms with Crippen molar-refractivity contribution in [2.75, 3.05) is 0 Å². The maximum Gasteiger partial charge on any atom is 0.0407 e. The Bertz CT molecular complexity index is 513. The van der Waals surface area contributed by atoms with Crippen molar-refractivity contribution in [1.29, 1.82) is 0 Å². The van der Waals surface area contributed by atoms with E-state index in [1.165, 1.54) is 76.2 Å². The van der Waals surface area contributed by atoms with Crippen molar-refractivity contribution in [1.82, 2.24) is 0 Å². The molecule has 0 atom stereocenters. The number of halogens is 2. The molecule has 0 aromatic heterocycles. The Morgan fingerprint density at radius 1 is 0.538 bits per heavy atom. The van der Waals surface area contributed by atoms with Gasteiger partial charge in [0.1, 0.15) is 0 Å². The van der Waals surface area contributed by atoms with Gasteiger partial charge in [-0.3, -0.25) is 0 Å². The summed E-state index contributed by atoms with van der Waals surface area (Å²) >= 11 is 11.1. The standard InChI is InChI=1S/C18H30.C6H4Cl2/c1-2-3-4-5-6-7-8-9-10-12-15-18-16-13-11-14-17-18;7-5-1-2-6(8)4-3-5/h11,13-14,16-17H,2-10,12,15H2,1H3;1-4H. The molecule has 2 rings (SSSR count). The van der Waals surface area contributed by atoms with E-state index in [0.717, 1.165) is 10.0 Å². The first-order valence-electron chi connectivity index (χ1n) is 10.2. The highest BCUT2D eigenvalue weighted by Gasteiger charge is 1.94. The lowest BCUT2D eigenvalue weighted by Crippen LogP contribution is -1.86. The predicted octanol–water partition coefficient (Wildman–Crippen LogP) is 9.14. The topological polar surface area (TPSA) is 0 Å². The summed E-state index contributed by atoms with van der Waals surface area (Å²) in [6.45, 7) is 2.28. The van der Waals surface area contributed by atoms with Crippen LogP contribution in [-0.4, -0.2) is 0 Å². The van der Waals surface area contributed by atoms with Gasteiger partial charge in [-0.05, 0) is 42.7 Å². The van der Waals surface area contributed by atoms with E-state index in [-0.39, 0.29) is 0 Å². The largest absolute Gasteiger partial charge is 0.0843 e. The van der Waals surface area contributed by atoms with E-state index in [2.05, 4.69) is 37.3 Å². The van der Waals surface area contributed by atoms with E-state index in [1.54, 1.807) is 24.3 Å². The van der Waals surface area contributed by atoms with Crippen molar-refractivity contribution >= 4 is 23.2 Å². The Morgan fingerprint density at radius 2 is 0.962 bits per heavy atom. The molecule has 0 saturated carbocycles. The molecule has 0 unspecified atom stereocenters. The average molecular weight is 393 g/mol. The van der Waals surface area contributed by atoms with Gasteiger partial charge in [0.2, 0.25) is 0 Å². The van der Waals surface area contributed by atoms with Gasteiger partial charge in [0.15, 0.2) is 0 Å². The fourth-order valence-corrected chi connectivity index (χ4v) is 3.14. The molecule has 0 fully saturated rings. The van der Waals surface area contributed by atoms with Crippen LogP contribution in [0.3, 0.4) is 0 Å². The monoisotopic (exact) mass is 392 g/mol. The summed E-state index contributed by atoms with van der Waals surface area (Å²) in [7, 11) is 0. The van der Waals surface area contributed by atoms with Gasteiger partial charge in [0.25, 0.3) is 0 Å². The SMILES string of the molecule is CCCCCCCCCCCCc1ccccc1.Clc1ccc(Cl)cc1. The van der Waals surface area contributed by atoms with Crippen molar-refractivity contribution < 1.29 is 0 Å². The molecule has 0 nitrogen and oxygen atoms in total.